The molecular formula is C7H7N. The monoisotopic (exact) mass is 106 g/mol. The van der Waals surface area contributed by atoms with Crippen molar-refractivity contribution in [3.05, 3.63) is 30.3 Å². The summed E-state index contributed by atoms with van der Waals surface area (Å²) >= 11 is 0. The smallest absolute Gasteiger partial charge is 0.0622 e. The molecule has 1 heteroatoms. The van der Waals surface area contributed by atoms with Gasteiger partial charge in [0.15, 0.2) is 0 Å². The average molecular weight is 106 g/mol. The van der Waals surface area contributed by atoms with Crippen molar-refractivity contribution >= 4 is 12.4 Å². The molecule has 1 nitrogen and oxygen atoms in total. The Morgan fingerprint density at radius 1 is 1.12 bits per heavy atom. The molecule has 0 atom stereocenters. The van der Waals surface area contributed by atoms with Crippen LogP contribution in [0.5, 0.6) is 0 Å². The van der Waals surface area contributed by atoms with E-state index >= 15 is 0 Å². The maximum absolute atomic E-state index is 3.72. The molecule has 0 spiro atoms. The SMILES string of the molecule is [13CH2]=Nc1ccccc1. The van der Waals surface area contributed by atoms with E-state index in [9.17, 15) is 0 Å². The van der Waals surface area contributed by atoms with Gasteiger partial charge in [0.2, 0.25) is 0 Å². The predicted octanol–water partition coefficient (Wildman–Crippen LogP) is 2.02. The Kier molecular flexibility index (Phi) is 1.42. The quantitative estimate of drug-likeness (QED) is 0.383. The largest absolute Gasteiger partial charge is 0.265 e. The zero-order valence-electron chi connectivity index (χ0n) is 4.54. The van der Waals surface area contributed by atoms with Crippen LogP contribution in [-0.2, 0) is 0 Å². The zero-order chi connectivity index (χ0) is 5.82. The topological polar surface area (TPSA) is 12.4 Å². The molecule has 0 bridgehead atoms. The maximum atomic E-state index is 3.72. The minimum absolute atomic E-state index is 0.924. The third-order valence-corrected chi connectivity index (χ3v) is 0.939. The number of hydrogen-bond donors (Lipinski definition) is 0. The molecule has 0 aromatic heterocycles. The van der Waals surface area contributed by atoms with Gasteiger partial charge in [0.25, 0.3) is 0 Å². The molecule has 0 amide bonds. The first-order valence-electron chi connectivity index (χ1n) is 2.45. The highest BCUT2D eigenvalue weighted by Crippen LogP contribution is 2.06. The van der Waals surface area contributed by atoms with E-state index in [1.807, 2.05) is 30.3 Å². The molecule has 0 aliphatic rings. The second-order valence-corrected chi connectivity index (χ2v) is 1.49. The fourth-order valence-electron chi connectivity index (χ4n) is 0.533. The van der Waals surface area contributed by atoms with Crippen LogP contribution in [0.1, 0.15) is 0 Å². The molecule has 0 fully saturated rings. The molecule has 40 valence electrons. The number of nitrogens with zero attached hydrogens (tertiary/aromatic N) is 1. The lowest BCUT2D eigenvalue weighted by Crippen LogP contribution is -1.57. The number of aliphatic imine (C=N–C) groups is 1. The van der Waals surface area contributed by atoms with Gasteiger partial charge in [-0.15, -0.1) is 0 Å². The fraction of sp³-hybridized carbons (Fsp3) is 0. The van der Waals surface area contributed by atoms with Crippen molar-refractivity contribution in [1.29, 1.82) is 0 Å². The van der Waals surface area contributed by atoms with Crippen LogP contribution >= 0.6 is 0 Å². The summed E-state index contributed by atoms with van der Waals surface area (Å²) in [5.74, 6) is 0. The molecule has 0 aliphatic carbocycles. The Hall–Kier alpha value is -1.11. The van der Waals surface area contributed by atoms with Crippen LogP contribution in [0.25, 0.3) is 0 Å². The highest BCUT2D eigenvalue weighted by Gasteiger charge is 1.76. The summed E-state index contributed by atoms with van der Waals surface area (Å²) in [5, 5.41) is 0. The summed E-state index contributed by atoms with van der Waals surface area (Å²) in [7, 11) is 0. The minimum atomic E-state index is 0.924. The van der Waals surface area contributed by atoms with Crippen LogP contribution in [0.4, 0.5) is 5.69 Å². The van der Waals surface area contributed by atoms with Crippen LogP contribution in [0.3, 0.4) is 0 Å². The van der Waals surface area contributed by atoms with Gasteiger partial charge in [0, 0.05) is 0 Å². The Labute approximate surface area is 48.7 Å². The highest BCUT2D eigenvalue weighted by molar-refractivity contribution is 5.44. The molecule has 1 rings (SSSR count). The van der Waals surface area contributed by atoms with Gasteiger partial charge in [-0.3, -0.25) is 4.99 Å². The summed E-state index contributed by atoms with van der Waals surface area (Å²) in [6, 6.07) is 9.64. The van der Waals surface area contributed by atoms with Crippen LogP contribution in [-0.4, -0.2) is 6.72 Å². The number of rotatable bonds is 1. The lowest BCUT2D eigenvalue weighted by Gasteiger charge is -1.84. The molecule has 1 aromatic carbocycles. The van der Waals surface area contributed by atoms with Crippen LogP contribution in [0.2, 0.25) is 0 Å². The molecule has 1 aromatic rings. The van der Waals surface area contributed by atoms with Gasteiger partial charge in [0.05, 0.1) is 5.69 Å². The Bertz CT molecular complexity index is 167. The molecule has 0 heterocycles. The summed E-state index contributed by atoms with van der Waals surface area (Å²) in [5.41, 5.74) is 0.924. The standard InChI is InChI=1S/C7H7N/c1-8-7-5-3-2-4-6-7/h2-6H,1H2/i1+1. The molecule has 0 aliphatic heterocycles. The van der Waals surface area contributed by atoms with Crippen molar-refractivity contribution in [2.24, 2.45) is 4.99 Å². The third-order valence-electron chi connectivity index (χ3n) is 0.939. The fourth-order valence-corrected chi connectivity index (χ4v) is 0.533. The Balaban J connectivity index is 2.99. The van der Waals surface area contributed by atoms with E-state index in [0.29, 0.717) is 0 Å². The Morgan fingerprint density at radius 2 is 1.75 bits per heavy atom. The van der Waals surface area contributed by atoms with Crippen molar-refractivity contribution in [1.82, 2.24) is 0 Å². The summed E-state index contributed by atoms with van der Waals surface area (Å²) < 4.78 is 0. The van der Waals surface area contributed by atoms with E-state index in [4.69, 9.17) is 0 Å². The summed E-state index contributed by atoms with van der Waals surface area (Å²) in [6.45, 7) is 3.38. The first kappa shape index (κ1) is 5.04. The second-order valence-electron chi connectivity index (χ2n) is 1.49. The predicted molar refractivity (Wildman–Crippen MR) is 35.7 cm³/mol. The van der Waals surface area contributed by atoms with Crippen LogP contribution in [0.15, 0.2) is 35.3 Å². The van der Waals surface area contributed by atoms with E-state index in [0.717, 1.165) is 5.69 Å². The number of para-hydroxylation sites is 1. The third kappa shape index (κ3) is 0.936. The Morgan fingerprint density at radius 3 is 2.12 bits per heavy atom. The van der Waals surface area contributed by atoms with Crippen LogP contribution in [0, 0.1) is 0 Å². The molecule has 8 heavy (non-hydrogen) atoms. The van der Waals surface area contributed by atoms with Crippen molar-refractivity contribution in [2.75, 3.05) is 0 Å². The molecule has 0 saturated carbocycles. The second kappa shape index (κ2) is 2.26. The van der Waals surface area contributed by atoms with Gasteiger partial charge >= 0.3 is 0 Å². The van der Waals surface area contributed by atoms with Gasteiger partial charge < -0.3 is 0 Å². The molecule has 0 unspecified atom stereocenters. The zero-order valence-corrected chi connectivity index (χ0v) is 4.54. The molecule has 0 saturated heterocycles. The van der Waals surface area contributed by atoms with Crippen molar-refractivity contribution in [2.45, 2.75) is 0 Å². The average Bonchev–Trinajstić information content (AvgIpc) is 1.90. The van der Waals surface area contributed by atoms with Crippen molar-refractivity contribution in [3.8, 4) is 0 Å². The molecule has 0 radical (unpaired) electrons. The van der Waals surface area contributed by atoms with Crippen molar-refractivity contribution < 1.29 is 0 Å². The molecule has 0 N–H and O–H groups in total. The summed E-state index contributed by atoms with van der Waals surface area (Å²) in [6.07, 6.45) is 0. The maximum Gasteiger partial charge on any atom is 0.0622 e. The highest BCUT2D eigenvalue weighted by atomic mass is 14.8. The van der Waals surface area contributed by atoms with Gasteiger partial charge in [-0.05, 0) is 18.9 Å². The first-order valence-corrected chi connectivity index (χ1v) is 2.45. The van der Waals surface area contributed by atoms with Gasteiger partial charge in [-0.2, -0.15) is 0 Å². The first-order chi connectivity index (χ1) is 3.93. The summed E-state index contributed by atoms with van der Waals surface area (Å²) in [4.78, 5) is 3.72. The lowest BCUT2D eigenvalue weighted by atomic mass is 10.3. The van der Waals surface area contributed by atoms with E-state index in [-0.39, 0.29) is 0 Å². The normalized spacial score (nSPS) is 8.50. The van der Waals surface area contributed by atoms with E-state index < -0.39 is 0 Å². The van der Waals surface area contributed by atoms with Gasteiger partial charge in [0.1, 0.15) is 0 Å². The van der Waals surface area contributed by atoms with Gasteiger partial charge in [-0.25, -0.2) is 0 Å². The minimum Gasteiger partial charge on any atom is -0.265 e. The molecular weight excluding hydrogens is 99.1 g/mol. The number of hydrogen-bond acceptors (Lipinski definition) is 1. The lowest BCUT2D eigenvalue weighted by molar-refractivity contribution is 1.55. The van der Waals surface area contributed by atoms with Crippen molar-refractivity contribution in [3.63, 3.8) is 0 Å². The van der Waals surface area contributed by atoms with E-state index in [1.165, 1.54) is 0 Å². The van der Waals surface area contributed by atoms with E-state index in [1.54, 1.807) is 0 Å². The number of benzene rings is 1. The van der Waals surface area contributed by atoms with Gasteiger partial charge in [-0.1, -0.05) is 18.2 Å². The van der Waals surface area contributed by atoms with Crippen LogP contribution < -0.4 is 0 Å². The van der Waals surface area contributed by atoms with E-state index in [2.05, 4.69) is 11.7 Å².